The number of anilines is 1. The number of carboxylic acids is 1. The Hall–Kier alpha value is -2.31. The Labute approximate surface area is 187 Å². The van der Waals surface area contributed by atoms with E-state index < -0.39 is 5.97 Å². The van der Waals surface area contributed by atoms with Gasteiger partial charge in [-0.3, -0.25) is 0 Å². The number of aromatic nitrogens is 1. The Balaban J connectivity index is 1.71. The van der Waals surface area contributed by atoms with Crippen molar-refractivity contribution in [2.45, 2.75) is 44.6 Å². The highest BCUT2D eigenvalue weighted by Gasteiger charge is 2.31. The molecule has 1 saturated carbocycles. The molecule has 1 N–H and O–H groups in total. The van der Waals surface area contributed by atoms with Crippen LogP contribution in [0.3, 0.4) is 0 Å². The van der Waals surface area contributed by atoms with Crippen molar-refractivity contribution in [3.05, 3.63) is 40.8 Å². The molecule has 0 atom stereocenters. The number of hydrogen-bond donors (Lipinski definition) is 1. The summed E-state index contributed by atoms with van der Waals surface area (Å²) in [7, 11) is 4.24. The fourth-order valence-electron chi connectivity index (χ4n) is 5.39. The highest BCUT2D eigenvalue weighted by atomic mass is 32.1. The molecular weight excluding hydrogens is 406 g/mol. The summed E-state index contributed by atoms with van der Waals surface area (Å²) in [5.74, 6) is -0.291. The van der Waals surface area contributed by atoms with Gasteiger partial charge >= 0.3 is 5.97 Å². The van der Waals surface area contributed by atoms with Gasteiger partial charge in [0.15, 0.2) is 0 Å². The number of rotatable bonds is 5. The Bertz CT molecular complexity index is 1110. The normalized spacial score (nSPS) is 17.1. The maximum absolute atomic E-state index is 11.8. The summed E-state index contributed by atoms with van der Waals surface area (Å²) in [6.07, 6.45) is 6.27. The van der Waals surface area contributed by atoms with Gasteiger partial charge in [-0.15, -0.1) is 11.3 Å². The van der Waals surface area contributed by atoms with Crippen molar-refractivity contribution in [2.24, 2.45) is 0 Å². The number of aromatic carboxylic acids is 1. The lowest BCUT2D eigenvalue weighted by Gasteiger charge is -2.27. The molecule has 0 saturated heterocycles. The summed E-state index contributed by atoms with van der Waals surface area (Å²) in [5, 5.41) is 9.68. The molecule has 3 heterocycles. The molecule has 5 nitrogen and oxygen atoms in total. The van der Waals surface area contributed by atoms with Crippen molar-refractivity contribution in [1.82, 2.24) is 9.47 Å². The van der Waals surface area contributed by atoms with Crippen molar-refractivity contribution in [2.75, 3.05) is 38.6 Å². The first-order chi connectivity index (χ1) is 15.0. The van der Waals surface area contributed by atoms with Crippen LogP contribution in [-0.4, -0.2) is 54.3 Å². The number of fused-ring (bicyclic) bond motifs is 5. The minimum absolute atomic E-state index is 0.458. The molecule has 0 spiro atoms. The summed E-state index contributed by atoms with van der Waals surface area (Å²) in [4.78, 5) is 17.0. The zero-order valence-corrected chi connectivity index (χ0v) is 19.2. The van der Waals surface area contributed by atoms with Gasteiger partial charge < -0.3 is 19.5 Å². The second-order valence-electron chi connectivity index (χ2n) is 9.19. The van der Waals surface area contributed by atoms with Gasteiger partial charge in [0.05, 0.1) is 15.9 Å². The quantitative estimate of drug-likeness (QED) is 0.573. The molecule has 3 aromatic rings. The van der Waals surface area contributed by atoms with E-state index in [1.54, 1.807) is 0 Å². The Morgan fingerprint density at radius 3 is 2.68 bits per heavy atom. The predicted octanol–water partition coefficient (Wildman–Crippen LogP) is 5.50. The van der Waals surface area contributed by atoms with Crippen LogP contribution in [0.25, 0.3) is 21.5 Å². The number of hydrogen-bond acceptors (Lipinski definition) is 4. The molecule has 2 aromatic heterocycles. The zero-order valence-electron chi connectivity index (χ0n) is 18.4. The van der Waals surface area contributed by atoms with Crippen LogP contribution in [0.2, 0.25) is 0 Å². The fourth-order valence-corrected chi connectivity index (χ4v) is 6.51. The third-order valence-corrected chi connectivity index (χ3v) is 8.05. The van der Waals surface area contributed by atoms with E-state index in [-0.39, 0.29) is 0 Å². The number of nitrogens with zero attached hydrogens (tertiary/aromatic N) is 3. The predicted molar refractivity (Wildman–Crippen MR) is 129 cm³/mol. The first kappa shape index (κ1) is 20.6. The number of thiophene rings is 1. The average Bonchev–Trinajstić information content (AvgIpc) is 3.27. The third-order valence-electron chi connectivity index (χ3n) is 6.91. The first-order valence-corrected chi connectivity index (χ1v) is 12.2. The van der Waals surface area contributed by atoms with Crippen LogP contribution in [0.5, 0.6) is 0 Å². The molecule has 0 bridgehead atoms. The molecule has 1 aliphatic heterocycles. The van der Waals surface area contributed by atoms with Gasteiger partial charge in [-0.25, -0.2) is 4.79 Å². The minimum Gasteiger partial charge on any atom is -0.477 e. The van der Waals surface area contributed by atoms with E-state index in [1.807, 2.05) is 6.07 Å². The van der Waals surface area contributed by atoms with Crippen molar-refractivity contribution >= 4 is 33.2 Å². The number of benzene rings is 1. The molecule has 0 amide bonds. The van der Waals surface area contributed by atoms with E-state index in [4.69, 9.17) is 0 Å². The van der Waals surface area contributed by atoms with Crippen LogP contribution in [0.4, 0.5) is 5.69 Å². The van der Waals surface area contributed by atoms with E-state index in [0.717, 1.165) is 31.7 Å². The van der Waals surface area contributed by atoms with E-state index in [1.165, 1.54) is 70.6 Å². The summed E-state index contributed by atoms with van der Waals surface area (Å²) in [5.41, 5.74) is 6.48. The van der Waals surface area contributed by atoms with E-state index >= 15 is 0 Å². The Kier molecular flexibility index (Phi) is 5.52. The fraction of sp³-hybridized carbons (Fsp3) is 0.480. The standard InChI is InChI=1S/C25H31N3O2S/c1-26(2)12-13-27-14-15-28-20-16-21(25(29)30)31-24(20)22(17-8-4-3-5-9-17)23(28)18-10-6-7-11-19(18)27/h6-7,10-11,16-17H,3-5,8-9,12-15H2,1-2H3,(H,29,30). The molecule has 1 aromatic carbocycles. The molecule has 1 aliphatic carbocycles. The summed E-state index contributed by atoms with van der Waals surface area (Å²) in [6, 6.07) is 10.7. The largest absolute Gasteiger partial charge is 0.477 e. The van der Waals surface area contributed by atoms with Crippen LogP contribution >= 0.6 is 11.3 Å². The summed E-state index contributed by atoms with van der Waals surface area (Å²) in [6.45, 7) is 3.82. The molecule has 6 heteroatoms. The Morgan fingerprint density at radius 2 is 1.94 bits per heavy atom. The van der Waals surface area contributed by atoms with Gasteiger partial charge in [0.25, 0.3) is 0 Å². The number of likely N-dealkylation sites (N-methyl/N-ethyl adjacent to an activating group) is 1. The van der Waals surface area contributed by atoms with Crippen LogP contribution in [-0.2, 0) is 6.54 Å². The monoisotopic (exact) mass is 437 g/mol. The van der Waals surface area contributed by atoms with E-state index in [2.05, 4.69) is 52.7 Å². The smallest absolute Gasteiger partial charge is 0.345 e. The van der Waals surface area contributed by atoms with Gasteiger partial charge in [0, 0.05) is 37.4 Å². The lowest BCUT2D eigenvalue weighted by Crippen LogP contribution is -2.33. The SMILES string of the molecule is CN(C)CCN1CCn2c(c(C3CCCCC3)c3sc(C(=O)O)cc32)-c2ccccc21. The third kappa shape index (κ3) is 3.66. The van der Waals surface area contributed by atoms with Gasteiger partial charge in [-0.1, -0.05) is 37.5 Å². The zero-order chi connectivity index (χ0) is 21.5. The summed E-state index contributed by atoms with van der Waals surface area (Å²) < 4.78 is 3.63. The van der Waals surface area contributed by atoms with Crippen LogP contribution in [0.1, 0.15) is 53.3 Å². The average molecular weight is 438 g/mol. The van der Waals surface area contributed by atoms with Crippen LogP contribution in [0, 0.1) is 0 Å². The van der Waals surface area contributed by atoms with Crippen molar-refractivity contribution in [3.63, 3.8) is 0 Å². The lowest BCUT2D eigenvalue weighted by atomic mass is 9.83. The molecule has 0 radical (unpaired) electrons. The molecule has 2 aliphatic rings. The highest BCUT2D eigenvalue weighted by Crippen LogP contribution is 2.49. The molecule has 164 valence electrons. The number of carboxylic acid groups (broad SMARTS) is 1. The number of carbonyl (C=O) groups is 1. The van der Waals surface area contributed by atoms with Crippen molar-refractivity contribution < 1.29 is 9.90 Å². The topological polar surface area (TPSA) is 48.7 Å². The van der Waals surface area contributed by atoms with Gasteiger partial charge in [0.2, 0.25) is 0 Å². The molecule has 0 unspecified atom stereocenters. The van der Waals surface area contributed by atoms with Crippen molar-refractivity contribution in [1.29, 1.82) is 0 Å². The minimum atomic E-state index is -0.813. The van der Waals surface area contributed by atoms with Gasteiger partial charge in [-0.2, -0.15) is 0 Å². The second-order valence-corrected chi connectivity index (χ2v) is 10.2. The van der Waals surface area contributed by atoms with Gasteiger partial charge in [0.1, 0.15) is 4.88 Å². The highest BCUT2D eigenvalue weighted by molar-refractivity contribution is 7.21. The number of para-hydroxylation sites is 1. The molecule has 1 fully saturated rings. The molecular formula is C25H31N3O2S. The maximum atomic E-state index is 11.8. The van der Waals surface area contributed by atoms with Crippen molar-refractivity contribution in [3.8, 4) is 11.3 Å². The van der Waals surface area contributed by atoms with Crippen LogP contribution in [0.15, 0.2) is 30.3 Å². The van der Waals surface area contributed by atoms with Crippen LogP contribution < -0.4 is 4.90 Å². The summed E-state index contributed by atoms with van der Waals surface area (Å²) >= 11 is 1.47. The van der Waals surface area contributed by atoms with E-state index in [0.29, 0.717) is 10.8 Å². The Morgan fingerprint density at radius 1 is 1.16 bits per heavy atom. The second kappa shape index (κ2) is 8.32. The molecule has 31 heavy (non-hydrogen) atoms. The first-order valence-electron chi connectivity index (χ1n) is 11.4. The molecule has 5 rings (SSSR count). The lowest BCUT2D eigenvalue weighted by molar-refractivity contribution is 0.0702. The van der Waals surface area contributed by atoms with Gasteiger partial charge in [-0.05, 0) is 50.6 Å². The van der Waals surface area contributed by atoms with E-state index in [9.17, 15) is 9.90 Å². The maximum Gasteiger partial charge on any atom is 0.345 e.